The van der Waals surface area contributed by atoms with E-state index < -0.39 is 61.7 Å². The van der Waals surface area contributed by atoms with E-state index in [2.05, 4.69) is 0 Å². The summed E-state index contributed by atoms with van der Waals surface area (Å²) in [6.45, 7) is -0.601. The predicted molar refractivity (Wildman–Crippen MR) is 74.2 cm³/mol. The van der Waals surface area contributed by atoms with Gasteiger partial charge in [0.1, 0.15) is 36.6 Å². The van der Waals surface area contributed by atoms with Gasteiger partial charge in [-0.15, -0.1) is 0 Å². The molecule has 0 aromatic carbocycles. The van der Waals surface area contributed by atoms with Crippen LogP contribution in [-0.4, -0.2) is 123 Å². The van der Waals surface area contributed by atoms with Gasteiger partial charge in [0.15, 0.2) is 6.29 Å². The molecule has 0 bridgehead atoms. The molecule has 10 heteroatoms. The minimum absolute atomic E-state index is 0.0587. The molecule has 23 heavy (non-hydrogen) atoms. The van der Waals surface area contributed by atoms with E-state index in [1.165, 1.54) is 12.0 Å². The number of nitrogens with zero attached hydrogens (tertiary/aromatic N) is 1. The van der Waals surface area contributed by atoms with Gasteiger partial charge >= 0.3 is 0 Å². The first-order chi connectivity index (χ1) is 10.8. The highest BCUT2D eigenvalue weighted by molar-refractivity contribution is 4.97. The zero-order chi connectivity index (χ0) is 17.3. The number of rotatable bonds is 4. The molecule has 0 aliphatic carbocycles. The maximum absolute atomic E-state index is 10.0. The fourth-order valence-electron chi connectivity index (χ4n) is 3.08. The fraction of sp³-hybridized carbons (Fsp3) is 1.00. The number of piperidine rings is 1. The zero-order valence-corrected chi connectivity index (χ0v) is 12.7. The summed E-state index contributed by atoms with van der Waals surface area (Å²) in [5.74, 6) is 0. The molecule has 0 spiro atoms. The SMILES string of the molecule is COC1O[C@H](CN2C[C@H](O)[C@@H](O)[C@H](O)[C@H]2CO)[C@@H](O)[C@H](O)[C@H]1O. The van der Waals surface area contributed by atoms with Gasteiger partial charge in [-0.2, -0.15) is 0 Å². The fourth-order valence-corrected chi connectivity index (χ4v) is 3.08. The van der Waals surface area contributed by atoms with Crippen LogP contribution in [0.5, 0.6) is 0 Å². The molecule has 2 heterocycles. The molecule has 2 saturated heterocycles. The van der Waals surface area contributed by atoms with E-state index >= 15 is 0 Å². The molecule has 0 radical (unpaired) electrons. The van der Waals surface area contributed by atoms with E-state index in [4.69, 9.17) is 9.47 Å². The lowest BCUT2D eigenvalue weighted by atomic mass is 9.92. The molecule has 9 atom stereocenters. The minimum atomic E-state index is -1.49. The molecule has 0 saturated carbocycles. The van der Waals surface area contributed by atoms with Crippen LogP contribution in [0.15, 0.2) is 0 Å². The van der Waals surface area contributed by atoms with E-state index in [0.717, 1.165) is 0 Å². The van der Waals surface area contributed by atoms with Gasteiger partial charge in [0.25, 0.3) is 0 Å². The Hall–Kier alpha value is -0.400. The van der Waals surface area contributed by atoms with Gasteiger partial charge < -0.3 is 45.2 Å². The van der Waals surface area contributed by atoms with Crippen molar-refractivity contribution >= 4 is 0 Å². The number of ether oxygens (including phenoxy) is 2. The van der Waals surface area contributed by atoms with Crippen molar-refractivity contribution in [1.82, 2.24) is 4.90 Å². The largest absolute Gasteiger partial charge is 0.395 e. The number of β-amino-alcohol motifs (C(OH)–C–C–N with tert-alkyl or cyclic N) is 1. The average Bonchev–Trinajstić information content (AvgIpc) is 2.53. The quantitative estimate of drug-likeness (QED) is 0.264. The van der Waals surface area contributed by atoms with Crippen molar-refractivity contribution in [3.05, 3.63) is 0 Å². The lowest BCUT2D eigenvalue weighted by molar-refractivity contribution is -0.294. The number of methoxy groups -OCH3 is 1. The van der Waals surface area contributed by atoms with E-state index in [1.54, 1.807) is 0 Å². The number of aliphatic hydroxyl groups is 7. The Morgan fingerprint density at radius 2 is 1.61 bits per heavy atom. The van der Waals surface area contributed by atoms with Gasteiger partial charge in [0.2, 0.25) is 0 Å². The van der Waals surface area contributed by atoms with Gasteiger partial charge in [-0.1, -0.05) is 0 Å². The highest BCUT2D eigenvalue weighted by atomic mass is 16.7. The maximum atomic E-state index is 10.0. The van der Waals surface area contributed by atoms with Crippen molar-refractivity contribution in [3.8, 4) is 0 Å². The van der Waals surface area contributed by atoms with E-state index in [9.17, 15) is 35.7 Å². The zero-order valence-electron chi connectivity index (χ0n) is 12.7. The summed E-state index contributed by atoms with van der Waals surface area (Å²) in [6, 6.07) is -0.866. The molecule has 2 aliphatic rings. The average molecular weight is 339 g/mol. The molecular weight excluding hydrogens is 314 g/mol. The van der Waals surface area contributed by atoms with Gasteiger partial charge in [-0.25, -0.2) is 0 Å². The Kier molecular flexibility index (Phi) is 6.30. The lowest BCUT2D eigenvalue weighted by Crippen LogP contribution is -2.66. The number of likely N-dealkylation sites (tertiary alicyclic amines) is 1. The summed E-state index contributed by atoms with van der Waals surface area (Å²) in [7, 11) is 1.27. The number of aliphatic hydroxyl groups excluding tert-OH is 7. The van der Waals surface area contributed by atoms with Gasteiger partial charge in [-0.3, -0.25) is 4.90 Å². The predicted octanol–water partition coefficient (Wildman–Crippen LogP) is -4.80. The molecular formula is C13H25NO9. The van der Waals surface area contributed by atoms with Crippen LogP contribution in [-0.2, 0) is 9.47 Å². The van der Waals surface area contributed by atoms with Crippen LogP contribution < -0.4 is 0 Å². The van der Waals surface area contributed by atoms with Crippen LogP contribution in [0.3, 0.4) is 0 Å². The Balaban J connectivity index is 2.09. The van der Waals surface area contributed by atoms with Crippen LogP contribution in [0.1, 0.15) is 0 Å². The van der Waals surface area contributed by atoms with Crippen molar-refractivity contribution in [3.63, 3.8) is 0 Å². The molecule has 7 N–H and O–H groups in total. The van der Waals surface area contributed by atoms with E-state index in [0.29, 0.717) is 0 Å². The van der Waals surface area contributed by atoms with Crippen molar-refractivity contribution < 1.29 is 45.2 Å². The first kappa shape index (κ1) is 18.9. The van der Waals surface area contributed by atoms with Crippen LogP contribution >= 0.6 is 0 Å². The monoisotopic (exact) mass is 339 g/mol. The molecule has 2 rings (SSSR count). The third-order valence-electron chi connectivity index (χ3n) is 4.53. The normalized spacial score (nSPS) is 49.3. The van der Waals surface area contributed by atoms with Gasteiger partial charge in [-0.05, 0) is 0 Å². The summed E-state index contributed by atoms with van der Waals surface area (Å²) >= 11 is 0. The van der Waals surface area contributed by atoms with Crippen molar-refractivity contribution in [2.75, 3.05) is 26.8 Å². The highest BCUT2D eigenvalue weighted by Gasteiger charge is 2.47. The first-order valence-electron chi connectivity index (χ1n) is 7.43. The third kappa shape index (κ3) is 3.66. The van der Waals surface area contributed by atoms with Crippen LogP contribution in [0.4, 0.5) is 0 Å². The van der Waals surface area contributed by atoms with Crippen molar-refractivity contribution in [2.24, 2.45) is 0 Å². The number of hydrogen-bond donors (Lipinski definition) is 7. The minimum Gasteiger partial charge on any atom is -0.395 e. The molecule has 0 amide bonds. The Labute approximate surface area is 133 Å². The summed E-state index contributed by atoms with van der Waals surface area (Å²) in [6.07, 6.45) is -10.5. The lowest BCUT2D eigenvalue weighted by Gasteiger charge is -2.46. The summed E-state index contributed by atoms with van der Waals surface area (Å²) in [4.78, 5) is 1.45. The summed E-state index contributed by atoms with van der Waals surface area (Å²) in [5.41, 5.74) is 0. The van der Waals surface area contributed by atoms with E-state index in [-0.39, 0.29) is 13.1 Å². The van der Waals surface area contributed by atoms with Gasteiger partial charge in [0.05, 0.1) is 18.8 Å². The molecule has 136 valence electrons. The van der Waals surface area contributed by atoms with Crippen molar-refractivity contribution in [2.45, 2.75) is 55.1 Å². The second-order valence-corrected chi connectivity index (χ2v) is 6.00. The second-order valence-electron chi connectivity index (χ2n) is 6.00. The molecule has 10 nitrogen and oxygen atoms in total. The van der Waals surface area contributed by atoms with Crippen molar-refractivity contribution in [1.29, 1.82) is 0 Å². The molecule has 0 aromatic rings. The molecule has 2 fully saturated rings. The Morgan fingerprint density at radius 1 is 0.957 bits per heavy atom. The topological polar surface area (TPSA) is 163 Å². The summed E-state index contributed by atoms with van der Waals surface area (Å²) < 4.78 is 10.3. The van der Waals surface area contributed by atoms with Gasteiger partial charge in [0, 0.05) is 20.2 Å². The Bertz CT molecular complexity index is 384. The van der Waals surface area contributed by atoms with Crippen LogP contribution in [0.25, 0.3) is 0 Å². The van der Waals surface area contributed by atoms with E-state index in [1.807, 2.05) is 0 Å². The second kappa shape index (κ2) is 7.66. The third-order valence-corrected chi connectivity index (χ3v) is 4.53. The Morgan fingerprint density at radius 3 is 2.17 bits per heavy atom. The van der Waals surface area contributed by atoms with Crippen LogP contribution in [0.2, 0.25) is 0 Å². The standard InChI is InChI=1S/C13H25NO9/c1-22-13-12(21)11(20)10(19)7(23-13)3-14-2-6(16)9(18)8(17)5(14)4-15/h5-13,15-21H,2-4H2,1H3/t5-,6+,7-,8-,9-,10-,11+,12-,13?/m1/s1. The first-order valence-corrected chi connectivity index (χ1v) is 7.43. The van der Waals surface area contributed by atoms with Crippen LogP contribution in [0, 0.1) is 0 Å². The summed E-state index contributed by atoms with van der Waals surface area (Å²) in [5, 5.41) is 68.4. The highest BCUT2D eigenvalue weighted by Crippen LogP contribution is 2.25. The maximum Gasteiger partial charge on any atom is 0.186 e. The smallest absolute Gasteiger partial charge is 0.186 e. The number of hydrogen-bond acceptors (Lipinski definition) is 10. The molecule has 2 aliphatic heterocycles. The molecule has 1 unspecified atom stereocenters. The molecule has 0 aromatic heterocycles.